The number of esters is 1. The van der Waals surface area contributed by atoms with Crippen LogP contribution in [0.1, 0.15) is 13.8 Å². The predicted octanol–water partition coefficient (Wildman–Crippen LogP) is 0.0367. The highest BCUT2D eigenvalue weighted by Gasteiger charge is 1.99. The van der Waals surface area contributed by atoms with Gasteiger partial charge in [0.1, 0.15) is 0 Å². The van der Waals surface area contributed by atoms with Crippen molar-refractivity contribution in [3.63, 3.8) is 0 Å². The molecule has 0 saturated carbocycles. The molecule has 13 heavy (non-hydrogen) atoms. The molecule has 0 radical (unpaired) electrons. The number of carbonyl (C=O) groups is 2. The zero-order valence-corrected chi connectivity index (χ0v) is 7.49. The van der Waals surface area contributed by atoms with Gasteiger partial charge in [0.25, 0.3) is 0 Å². The van der Waals surface area contributed by atoms with E-state index in [-0.39, 0.29) is 12.7 Å². The largest absolute Gasteiger partial charge is 0.453 e. The van der Waals surface area contributed by atoms with Gasteiger partial charge in [-0.1, -0.05) is 0 Å². The van der Waals surface area contributed by atoms with Crippen LogP contribution < -0.4 is 5.73 Å². The number of primary amides is 1. The number of ether oxygens (including phenoxy) is 2. The Labute approximate surface area is 76.2 Å². The predicted molar refractivity (Wildman–Crippen MR) is 44.5 cm³/mol. The van der Waals surface area contributed by atoms with Gasteiger partial charge in [0, 0.05) is 5.92 Å². The van der Waals surface area contributed by atoms with Gasteiger partial charge in [-0.3, -0.25) is 0 Å². The Morgan fingerprint density at radius 3 is 2.54 bits per heavy atom. The molecule has 0 unspecified atom stereocenters. The van der Waals surface area contributed by atoms with E-state index in [1.807, 2.05) is 0 Å². The van der Waals surface area contributed by atoms with Crippen molar-refractivity contribution in [2.75, 3.05) is 6.61 Å². The second-order valence-electron chi connectivity index (χ2n) is 2.36. The second-order valence-corrected chi connectivity index (χ2v) is 2.36. The van der Waals surface area contributed by atoms with Crippen LogP contribution in [0.3, 0.4) is 0 Å². The molecule has 5 nitrogen and oxygen atoms in total. The Morgan fingerprint density at radius 1 is 1.46 bits per heavy atom. The fourth-order valence-corrected chi connectivity index (χ4v) is 0.459. The molecule has 0 aromatic carbocycles. The van der Waals surface area contributed by atoms with E-state index in [9.17, 15) is 9.59 Å². The molecule has 0 aromatic heterocycles. The van der Waals surface area contributed by atoms with E-state index in [1.54, 1.807) is 13.8 Å². The summed E-state index contributed by atoms with van der Waals surface area (Å²) in [6.45, 7) is 3.21. The van der Waals surface area contributed by atoms with Crippen LogP contribution in [0.5, 0.6) is 0 Å². The summed E-state index contributed by atoms with van der Waals surface area (Å²) in [7, 11) is 0. The van der Waals surface area contributed by atoms with Crippen LogP contribution in [0.2, 0.25) is 0 Å². The topological polar surface area (TPSA) is 78.6 Å². The Hall–Kier alpha value is -1.70. The van der Waals surface area contributed by atoms with Crippen molar-refractivity contribution < 1.29 is 19.1 Å². The van der Waals surface area contributed by atoms with Gasteiger partial charge in [-0.25, -0.2) is 9.59 Å². The molecule has 0 aliphatic carbocycles. The Morgan fingerprint density at radius 2 is 2.08 bits per heavy atom. The van der Waals surface area contributed by atoms with Crippen molar-refractivity contribution in [3.8, 4) is 11.8 Å². The lowest BCUT2D eigenvalue weighted by molar-refractivity contribution is -0.140. The van der Waals surface area contributed by atoms with Crippen LogP contribution >= 0.6 is 0 Å². The minimum atomic E-state index is -0.925. The van der Waals surface area contributed by atoms with Gasteiger partial charge < -0.3 is 15.2 Å². The highest BCUT2D eigenvalue weighted by molar-refractivity contribution is 5.88. The average molecular weight is 185 g/mol. The van der Waals surface area contributed by atoms with Gasteiger partial charge in [-0.05, 0) is 19.8 Å². The van der Waals surface area contributed by atoms with Crippen LogP contribution in [-0.2, 0) is 14.3 Å². The van der Waals surface area contributed by atoms with Crippen LogP contribution in [0.4, 0.5) is 4.79 Å². The van der Waals surface area contributed by atoms with E-state index in [0.717, 1.165) is 0 Å². The summed E-state index contributed by atoms with van der Waals surface area (Å²) in [5.74, 6) is 3.75. The van der Waals surface area contributed by atoms with Crippen molar-refractivity contribution >= 4 is 12.1 Å². The minimum Gasteiger partial charge on any atom is -0.453 e. The minimum absolute atomic E-state index is 0.206. The fraction of sp³-hybridized carbons (Fsp3) is 0.500. The summed E-state index contributed by atoms with van der Waals surface area (Å²) in [6.07, 6.45) is -1.13. The van der Waals surface area contributed by atoms with Gasteiger partial charge in [-0.2, -0.15) is 0 Å². The highest BCUT2D eigenvalue weighted by Crippen LogP contribution is 1.86. The molecule has 1 amide bonds. The van der Waals surface area contributed by atoms with Crippen molar-refractivity contribution in [3.05, 3.63) is 0 Å². The second kappa shape index (κ2) is 5.89. The van der Waals surface area contributed by atoms with E-state index < -0.39 is 12.1 Å². The number of carbonyl (C=O) groups excluding carboxylic acids is 2. The molecular formula is C8H11NO4. The molecule has 0 heterocycles. The molecule has 0 rings (SSSR count). The van der Waals surface area contributed by atoms with Gasteiger partial charge in [-0.15, -0.1) is 0 Å². The maximum atomic E-state index is 10.7. The lowest BCUT2D eigenvalue weighted by Crippen LogP contribution is -2.13. The number of rotatable bonds is 2. The molecule has 0 spiro atoms. The van der Waals surface area contributed by atoms with Crippen LogP contribution in [0.15, 0.2) is 0 Å². The summed E-state index contributed by atoms with van der Waals surface area (Å²) in [6, 6.07) is 0. The molecule has 72 valence electrons. The van der Waals surface area contributed by atoms with E-state index in [1.165, 1.54) is 0 Å². The SMILES string of the molecule is CC(C)OC(=O)C#CCOC(N)=O. The first-order valence-corrected chi connectivity index (χ1v) is 3.64. The summed E-state index contributed by atoms with van der Waals surface area (Å²) in [4.78, 5) is 20.8. The number of hydrogen-bond acceptors (Lipinski definition) is 4. The first kappa shape index (κ1) is 11.3. The normalized spacial score (nSPS) is 8.54. The molecule has 0 aliphatic heterocycles. The molecule has 0 aliphatic rings. The monoisotopic (exact) mass is 185 g/mol. The molecule has 0 aromatic rings. The molecule has 0 saturated heterocycles. The molecule has 0 fully saturated rings. The van der Waals surface area contributed by atoms with Crippen molar-refractivity contribution in [1.82, 2.24) is 0 Å². The smallest absolute Gasteiger partial charge is 0.405 e. The van der Waals surface area contributed by atoms with Gasteiger partial charge in [0.05, 0.1) is 6.10 Å². The Kier molecular flexibility index (Phi) is 5.12. The Balaban J connectivity index is 3.70. The molecule has 5 heteroatoms. The van der Waals surface area contributed by atoms with Crippen molar-refractivity contribution in [2.45, 2.75) is 20.0 Å². The maximum Gasteiger partial charge on any atom is 0.405 e. The van der Waals surface area contributed by atoms with Crippen LogP contribution in [0, 0.1) is 11.8 Å². The van der Waals surface area contributed by atoms with E-state index in [0.29, 0.717) is 0 Å². The third-order valence-electron chi connectivity index (χ3n) is 0.820. The van der Waals surface area contributed by atoms with Gasteiger partial charge >= 0.3 is 12.1 Å². The number of hydrogen-bond donors (Lipinski definition) is 1. The molecule has 2 N–H and O–H groups in total. The maximum absolute atomic E-state index is 10.7. The van der Waals surface area contributed by atoms with Crippen LogP contribution in [-0.4, -0.2) is 24.8 Å². The van der Waals surface area contributed by atoms with Gasteiger partial charge in [0.2, 0.25) is 0 Å². The van der Waals surface area contributed by atoms with E-state index in [4.69, 9.17) is 0 Å². The third kappa shape index (κ3) is 8.20. The summed E-state index contributed by atoms with van der Waals surface area (Å²) in [5, 5.41) is 0. The highest BCUT2D eigenvalue weighted by atomic mass is 16.5. The first-order chi connectivity index (χ1) is 6.02. The van der Waals surface area contributed by atoms with Crippen molar-refractivity contribution in [2.24, 2.45) is 5.73 Å². The van der Waals surface area contributed by atoms with E-state index in [2.05, 4.69) is 27.0 Å². The van der Waals surface area contributed by atoms with E-state index >= 15 is 0 Å². The summed E-state index contributed by atoms with van der Waals surface area (Å²) >= 11 is 0. The fourth-order valence-electron chi connectivity index (χ4n) is 0.459. The van der Waals surface area contributed by atoms with Gasteiger partial charge in [0.15, 0.2) is 6.61 Å². The number of nitrogens with two attached hydrogens (primary N) is 1. The average Bonchev–Trinajstić information content (AvgIpc) is 1.96. The third-order valence-corrected chi connectivity index (χ3v) is 0.820. The Bertz CT molecular complexity index is 249. The molecule has 0 bridgehead atoms. The van der Waals surface area contributed by atoms with Crippen molar-refractivity contribution in [1.29, 1.82) is 0 Å². The van der Waals surface area contributed by atoms with Crippen LogP contribution in [0.25, 0.3) is 0 Å². The quantitative estimate of drug-likeness (QED) is 0.374. The number of amides is 1. The molecular weight excluding hydrogens is 174 g/mol. The standard InChI is InChI=1S/C8H11NO4/c1-6(2)13-7(10)4-3-5-12-8(9)11/h6H,5H2,1-2H3,(H2,9,11). The lowest BCUT2D eigenvalue weighted by Gasteiger charge is -2.01. The lowest BCUT2D eigenvalue weighted by atomic mass is 10.5. The zero-order chi connectivity index (χ0) is 10.3. The summed E-state index contributed by atoms with van der Waals surface area (Å²) < 4.78 is 8.93. The first-order valence-electron chi connectivity index (χ1n) is 3.64. The summed E-state index contributed by atoms with van der Waals surface area (Å²) in [5.41, 5.74) is 4.64. The zero-order valence-electron chi connectivity index (χ0n) is 7.49. The molecule has 0 atom stereocenters.